The number of rotatable bonds is 3. The van der Waals surface area contributed by atoms with Crippen LogP contribution < -0.4 is 4.90 Å². The van der Waals surface area contributed by atoms with Gasteiger partial charge in [0.1, 0.15) is 5.82 Å². The van der Waals surface area contributed by atoms with Crippen LogP contribution in [0.25, 0.3) is 11.1 Å². The molecule has 0 aromatic heterocycles. The van der Waals surface area contributed by atoms with Crippen LogP contribution in [-0.4, -0.2) is 37.9 Å². The van der Waals surface area contributed by atoms with Crippen LogP contribution in [0.4, 0.5) is 14.9 Å². The number of amides is 1. The van der Waals surface area contributed by atoms with Gasteiger partial charge in [0.15, 0.2) is 6.23 Å². The second-order valence-corrected chi connectivity index (χ2v) is 6.63. The van der Waals surface area contributed by atoms with Gasteiger partial charge in [0.05, 0.1) is 5.69 Å². The van der Waals surface area contributed by atoms with E-state index < -0.39 is 6.09 Å². The summed E-state index contributed by atoms with van der Waals surface area (Å²) in [6.45, 7) is 0.909. The van der Waals surface area contributed by atoms with Gasteiger partial charge in [-0.25, -0.2) is 9.18 Å². The van der Waals surface area contributed by atoms with Crippen LogP contribution in [0.1, 0.15) is 12.8 Å². The Labute approximate surface area is 151 Å². The predicted molar refractivity (Wildman–Crippen MR) is 97.4 cm³/mol. The molecule has 0 unspecified atom stereocenters. The lowest BCUT2D eigenvalue weighted by Crippen LogP contribution is -2.36. The maximum atomic E-state index is 13.8. The molecule has 3 rings (SSSR count). The molecule has 0 saturated carbocycles. The molecule has 0 radical (unpaired) electrons. The molecule has 1 aliphatic rings. The fourth-order valence-corrected chi connectivity index (χ4v) is 3.20. The third-order valence-electron chi connectivity index (χ3n) is 4.42. The number of hydrogen-bond acceptors (Lipinski definition) is 3. The molecule has 0 aliphatic carbocycles. The summed E-state index contributed by atoms with van der Waals surface area (Å²) < 4.78 is 19.4. The Morgan fingerprint density at radius 2 is 2.12 bits per heavy atom. The van der Waals surface area contributed by atoms with Crippen molar-refractivity contribution in [3.05, 3.63) is 53.3 Å². The first-order chi connectivity index (χ1) is 12.0. The number of hydrogen-bond donors (Lipinski definition) is 0. The maximum Gasteiger partial charge on any atom is 0.415 e. The lowest BCUT2D eigenvalue weighted by atomic mass is 10.0. The molecule has 0 bridgehead atoms. The molecule has 2 aromatic carbocycles. The van der Waals surface area contributed by atoms with E-state index in [0.717, 1.165) is 24.9 Å². The quantitative estimate of drug-likeness (QED) is 0.788. The zero-order valence-electron chi connectivity index (χ0n) is 14.2. The summed E-state index contributed by atoms with van der Waals surface area (Å²) in [4.78, 5) is 16.0. The Bertz CT molecular complexity index is 784. The summed E-state index contributed by atoms with van der Waals surface area (Å²) in [5.41, 5.74) is 1.88. The summed E-state index contributed by atoms with van der Waals surface area (Å²) >= 11 is 6.05. The molecule has 0 N–H and O–H groups in total. The molecule has 4 nitrogen and oxygen atoms in total. The van der Waals surface area contributed by atoms with Gasteiger partial charge in [-0.05, 0) is 55.8 Å². The van der Waals surface area contributed by atoms with Crippen LogP contribution in [0.5, 0.6) is 0 Å². The van der Waals surface area contributed by atoms with Gasteiger partial charge in [-0.15, -0.1) is 0 Å². The third-order valence-corrected chi connectivity index (χ3v) is 4.65. The molecule has 2 aromatic rings. The topological polar surface area (TPSA) is 32.8 Å². The number of carbonyl (C=O) groups excluding carboxylic acids is 1. The average molecular weight is 363 g/mol. The lowest BCUT2D eigenvalue weighted by Gasteiger charge is -2.25. The molecule has 1 amide bonds. The molecule has 1 atom stereocenters. The van der Waals surface area contributed by atoms with E-state index in [1.54, 1.807) is 31.3 Å². The number of benzene rings is 2. The fraction of sp³-hybridized carbons (Fsp3) is 0.316. The van der Waals surface area contributed by atoms with Gasteiger partial charge in [-0.3, -0.25) is 9.80 Å². The van der Waals surface area contributed by atoms with Gasteiger partial charge < -0.3 is 4.74 Å². The summed E-state index contributed by atoms with van der Waals surface area (Å²) in [5.74, 6) is -0.379. The molecule has 25 heavy (non-hydrogen) atoms. The first kappa shape index (κ1) is 17.7. The van der Waals surface area contributed by atoms with E-state index in [2.05, 4.69) is 0 Å². The summed E-state index contributed by atoms with van der Waals surface area (Å²) in [6, 6.07) is 11.4. The number of nitrogens with zero attached hydrogens (tertiary/aromatic N) is 2. The minimum absolute atomic E-state index is 0.218. The Morgan fingerprint density at radius 3 is 2.80 bits per heavy atom. The summed E-state index contributed by atoms with van der Waals surface area (Å²) in [5, 5.41) is 0.547. The maximum absolute atomic E-state index is 13.8. The van der Waals surface area contributed by atoms with Gasteiger partial charge in [0, 0.05) is 24.2 Å². The average Bonchev–Trinajstić information content (AvgIpc) is 2.99. The van der Waals surface area contributed by atoms with E-state index >= 15 is 0 Å². The van der Waals surface area contributed by atoms with Crippen molar-refractivity contribution in [1.29, 1.82) is 0 Å². The monoisotopic (exact) mass is 362 g/mol. The van der Waals surface area contributed by atoms with Crippen molar-refractivity contribution < 1.29 is 13.9 Å². The van der Waals surface area contributed by atoms with E-state index in [0.29, 0.717) is 16.3 Å². The highest BCUT2D eigenvalue weighted by molar-refractivity contribution is 6.30. The van der Waals surface area contributed by atoms with Crippen molar-refractivity contribution in [1.82, 2.24) is 4.90 Å². The molecule has 6 heteroatoms. The van der Waals surface area contributed by atoms with Crippen LogP contribution in [0.2, 0.25) is 5.02 Å². The first-order valence-corrected chi connectivity index (χ1v) is 8.53. The van der Waals surface area contributed by atoms with E-state index in [4.69, 9.17) is 16.3 Å². The van der Waals surface area contributed by atoms with E-state index in [1.165, 1.54) is 17.0 Å². The van der Waals surface area contributed by atoms with Crippen molar-refractivity contribution in [3.63, 3.8) is 0 Å². The Hall–Kier alpha value is -2.11. The molecular formula is C19H20ClFN2O2. The molecule has 0 spiro atoms. The van der Waals surface area contributed by atoms with Gasteiger partial charge in [0.25, 0.3) is 0 Å². The highest BCUT2D eigenvalue weighted by Gasteiger charge is 2.27. The molecule has 1 aliphatic heterocycles. The molecular weight excluding hydrogens is 343 g/mol. The number of ether oxygens (including phenoxy) is 1. The SMILES string of the molecule is CN(C(=O)O[C@H]1CCCN1C)c1ccc(F)cc1-c1cccc(Cl)c1. The Balaban J connectivity index is 1.89. The molecule has 1 saturated heterocycles. The van der Waals surface area contributed by atoms with Crippen molar-refractivity contribution in [3.8, 4) is 11.1 Å². The Kier molecular flexibility index (Phi) is 5.25. The Morgan fingerprint density at radius 1 is 1.32 bits per heavy atom. The van der Waals surface area contributed by atoms with Crippen molar-refractivity contribution in [2.75, 3.05) is 25.5 Å². The van der Waals surface area contributed by atoms with Crippen molar-refractivity contribution in [2.24, 2.45) is 0 Å². The highest BCUT2D eigenvalue weighted by Crippen LogP contribution is 2.33. The highest BCUT2D eigenvalue weighted by atomic mass is 35.5. The fourth-order valence-electron chi connectivity index (χ4n) is 3.01. The van der Waals surface area contributed by atoms with Crippen molar-refractivity contribution >= 4 is 23.4 Å². The number of anilines is 1. The molecule has 132 valence electrons. The number of halogens is 2. The van der Waals surface area contributed by atoms with E-state index in [9.17, 15) is 9.18 Å². The molecule has 1 fully saturated rings. The van der Waals surface area contributed by atoms with Gasteiger partial charge in [-0.2, -0.15) is 0 Å². The summed E-state index contributed by atoms with van der Waals surface area (Å²) in [6.07, 6.45) is 1.14. The van der Waals surface area contributed by atoms with Crippen LogP contribution in [0, 0.1) is 5.82 Å². The predicted octanol–water partition coefficient (Wildman–Crippen LogP) is 4.77. The zero-order valence-corrected chi connectivity index (χ0v) is 15.0. The van der Waals surface area contributed by atoms with Crippen LogP contribution in [0.3, 0.4) is 0 Å². The van der Waals surface area contributed by atoms with E-state index in [1.807, 2.05) is 18.0 Å². The standard InChI is InChI=1S/C19H20ClFN2O2/c1-22-10-4-7-18(22)25-19(24)23(2)17-9-8-15(21)12-16(17)13-5-3-6-14(20)11-13/h3,5-6,8-9,11-12,18H,4,7,10H2,1-2H3/t18-/m0/s1. The largest absolute Gasteiger partial charge is 0.430 e. The second kappa shape index (κ2) is 7.42. The van der Waals surface area contributed by atoms with E-state index in [-0.39, 0.29) is 12.0 Å². The van der Waals surface area contributed by atoms with Crippen LogP contribution in [-0.2, 0) is 4.74 Å². The second-order valence-electron chi connectivity index (χ2n) is 6.19. The first-order valence-electron chi connectivity index (χ1n) is 8.16. The van der Waals surface area contributed by atoms with Gasteiger partial charge in [0.2, 0.25) is 0 Å². The molecule has 1 heterocycles. The van der Waals surface area contributed by atoms with Gasteiger partial charge in [-0.1, -0.05) is 23.7 Å². The van der Waals surface area contributed by atoms with Crippen LogP contribution >= 0.6 is 11.6 Å². The lowest BCUT2D eigenvalue weighted by molar-refractivity contribution is 0.0315. The normalized spacial score (nSPS) is 17.5. The van der Waals surface area contributed by atoms with Crippen LogP contribution in [0.15, 0.2) is 42.5 Å². The summed E-state index contributed by atoms with van der Waals surface area (Å²) in [7, 11) is 3.55. The number of carbonyl (C=O) groups is 1. The van der Waals surface area contributed by atoms with Crippen molar-refractivity contribution in [2.45, 2.75) is 19.1 Å². The third kappa shape index (κ3) is 3.94. The smallest absolute Gasteiger partial charge is 0.415 e. The minimum Gasteiger partial charge on any atom is -0.430 e. The minimum atomic E-state index is -0.464. The number of likely N-dealkylation sites (tertiary alicyclic amines) is 1. The van der Waals surface area contributed by atoms with Gasteiger partial charge >= 0.3 is 6.09 Å². The zero-order chi connectivity index (χ0) is 18.0.